The minimum absolute atomic E-state index is 0.335. The van der Waals surface area contributed by atoms with Gasteiger partial charge in [0, 0.05) is 25.7 Å². The maximum Gasteiger partial charge on any atom is 0.226 e. The number of nitrogens with one attached hydrogen (secondary N) is 1. The number of nitrogens with zero attached hydrogens (tertiary/aromatic N) is 3. The van der Waals surface area contributed by atoms with Crippen LogP contribution in [0.15, 0.2) is 0 Å². The molecule has 1 aliphatic carbocycles. The molecule has 1 aromatic rings. The van der Waals surface area contributed by atoms with Crippen molar-refractivity contribution in [3.05, 3.63) is 4.77 Å². The molecule has 3 rings (SSSR count). The molecule has 2 aliphatic rings. The van der Waals surface area contributed by atoms with Gasteiger partial charge in [-0.25, -0.2) is 5.10 Å². The van der Waals surface area contributed by atoms with Gasteiger partial charge in [0.25, 0.3) is 0 Å². The third-order valence-corrected chi connectivity index (χ3v) is 3.95. The molecule has 1 atom stereocenters. The number of aromatic nitrogens is 3. The Balaban J connectivity index is 1.79. The average Bonchev–Trinajstić information content (AvgIpc) is 3.13. The van der Waals surface area contributed by atoms with Crippen LogP contribution >= 0.6 is 12.2 Å². The number of ether oxygens (including phenoxy) is 1. The second-order valence-electron chi connectivity index (χ2n) is 5.10. The van der Waals surface area contributed by atoms with E-state index in [0.29, 0.717) is 12.1 Å². The molecule has 1 saturated carbocycles. The lowest BCUT2D eigenvalue weighted by Crippen LogP contribution is -2.41. The zero-order chi connectivity index (χ0) is 12.5. The van der Waals surface area contributed by atoms with Crippen LogP contribution in [-0.2, 0) is 4.74 Å². The molecule has 6 heteroatoms. The molecule has 0 bridgehead atoms. The van der Waals surface area contributed by atoms with Crippen LogP contribution in [0.25, 0.3) is 0 Å². The highest BCUT2D eigenvalue weighted by Crippen LogP contribution is 2.38. The Kier molecular flexibility index (Phi) is 3.39. The summed E-state index contributed by atoms with van der Waals surface area (Å²) >= 11 is 5.33. The molecule has 0 spiro atoms. The fourth-order valence-corrected chi connectivity index (χ4v) is 2.95. The number of piperidine rings is 1. The quantitative estimate of drug-likeness (QED) is 0.851. The van der Waals surface area contributed by atoms with E-state index < -0.39 is 0 Å². The lowest BCUT2D eigenvalue weighted by atomic mass is 10.1. The van der Waals surface area contributed by atoms with Gasteiger partial charge >= 0.3 is 0 Å². The molecule has 1 aliphatic heterocycles. The summed E-state index contributed by atoms with van der Waals surface area (Å²) < 4.78 is 8.68. The first-order chi connectivity index (χ1) is 8.79. The first-order valence-electron chi connectivity index (χ1n) is 6.83. The summed E-state index contributed by atoms with van der Waals surface area (Å²) in [6.07, 6.45) is 5.10. The van der Waals surface area contributed by atoms with Gasteiger partial charge in [0.1, 0.15) is 0 Å². The maximum absolute atomic E-state index is 5.74. The molecular weight excluding hydrogens is 248 g/mol. The predicted octanol–water partition coefficient (Wildman–Crippen LogP) is 2.28. The third-order valence-electron chi connectivity index (χ3n) is 3.66. The number of hydrogen-bond acceptors (Lipinski definition) is 4. The van der Waals surface area contributed by atoms with Crippen LogP contribution in [-0.4, -0.2) is 40.6 Å². The van der Waals surface area contributed by atoms with E-state index in [1.54, 1.807) is 0 Å². The molecule has 100 valence electrons. The third kappa shape index (κ3) is 2.31. The molecule has 1 aromatic heterocycles. The van der Waals surface area contributed by atoms with Crippen molar-refractivity contribution in [2.75, 3.05) is 24.6 Å². The Bertz CT molecular complexity index is 463. The van der Waals surface area contributed by atoms with E-state index in [1.807, 2.05) is 0 Å². The van der Waals surface area contributed by atoms with Crippen LogP contribution in [0.5, 0.6) is 0 Å². The van der Waals surface area contributed by atoms with Gasteiger partial charge in [-0.1, -0.05) is 0 Å². The fourth-order valence-electron chi connectivity index (χ4n) is 2.67. The topological polar surface area (TPSA) is 46.1 Å². The van der Waals surface area contributed by atoms with E-state index in [1.165, 1.54) is 12.8 Å². The number of rotatable bonds is 4. The maximum atomic E-state index is 5.74. The zero-order valence-electron chi connectivity index (χ0n) is 10.8. The summed E-state index contributed by atoms with van der Waals surface area (Å²) in [5.41, 5.74) is 0. The second-order valence-corrected chi connectivity index (χ2v) is 5.48. The van der Waals surface area contributed by atoms with E-state index >= 15 is 0 Å². The first-order valence-corrected chi connectivity index (χ1v) is 7.24. The molecule has 1 saturated heterocycles. The van der Waals surface area contributed by atoms with E-state index in [4.69, 9.17) is 17.0 Å². The van der Waals surface area contributed by atoms with Crippen LogP contribution in [0.3, 0.4) is 0 Å². The number of hydrogen-bond donors (Lipinski definition) is 1. The molecular formula is C12H20N4OS. The number of aromatic amines is 1. The summed E-state index contributed by atoms with van der Waals surface area (Å²) in [4.78, 5) is 2.31. The van der Waals surface area contributed by atoms with Gasteiger partial charge in [0.15, 0.2) is 4.77 Å². The van der Waals surface area contributed by atoms with Crippen molar-refractivity contribution >= 4 is 18.2 Å². The van der Waals surface area contributed by atoms with Crippen molar-refractivity contribution in [2.45, 2.75) is 44.8 Å². The van der Waals surface area contributed by atoms with Gasteiger partial charge in [0.2, 0.25) is 5.95 Å². The monoisotopic (exact) mass is 268 g/mol. The second kappa shape index (κ2) is 5.01. The molecule has 0 amide bonds. The lowest BCUT2D eigenvalue weighted by molar-refractivity contribution is 0.0522. The molecule has 0 radical (unpaired) electrons. The van der Waals surface area contributed by atoms with E-state index in [-0.39, 0.29) is 0 Å². The van der Waals surface area contributed by atoms with Crippen molar-refractivity contribution in [2.24, 2.45) is 0 Å². The van der Waals surface area contributed by atoms with Crippen LogP contribution in [0.1, 0.15) is 38.6 Å². The smallest absolute Gasteiger partial charge is 0.226 e. The lowest BCUT2D eigenvalue weighted by Gasteiger charge is -2.33. The van der Waals surface area contributed by atoms with Crippen molar-refractivity contribution in [3.8, 4) is 0 Å². The minimum Gasteiger partial charge on any atom is -0.377 e. The summed E-state index contributed by atoms with van der Waals surface area (Å²) in [6, 6.07) is 0.568. The van der Waals surface area contributed by atoms with E-state index in [9.17, 15) is 0 Å². The van der Waals surface area contributed by atoms with Crippen molar-refractivity contribution in [1.82, 2.24) is 14.8 Å². The Morgan fingerprint density at radius 3 is 3.00 bits per heavy atom. The average molecular weight is 268 g/mol. The van der Waals surface area contributed by atoms with Crippen LogP contribution in [0, 0.1) is 4.77 Å². The van der Waals surface area contributed by atoms with Crippen molar-refractivity contribution in [3.63, 3.8) is 0 Å². The zero-order valence-corrected chi connectivity index (χ0v) is 11.6. The van der Waals surface area contributed by atoms with Gasteiger partial charge < -0.3 is 9.64 Å². The van der Waals surface area contributed by atoms with Crippen LogP contribution in [0.2, 0.25) is 0 Å². The highest BCUT2D eigenvalue weighted by molar-refractivity contribution is 7.71. The normalized spacial score (nSPS) is 24.5. The molecule has 5 nitrogen and oxygen atoms in total. The van der Waals surface area contributed by atoms with Gasteiger partial charge in [-0.2, -0.15) is 0 Å². The van der Waals surface area contributed by atoms with E-state index in [0.717, 1.165) is 43.3 Å². The van der Waals surface area contributed by atoms with E-state index in [2.05, 4.69) is 26.6 Å². The SMILES string of the molecule is CCOC1CCCN(c2n[nH]c(=S)n2C2CC2)C1. The molecule has 0 aromatic carbocycles. The molecule has 2 fully saturated rings. The highest BCUT2D eigenvalue weighted by atomic mass is 32.1. The van der Waals surface area contributed by atoms with Gasteiger partial charge in [-0.05, 0) is 44.8 Å². The summed E-state index contributed by atoms with van der Waals surface area (Å²) in [5.74, 6) is 1.01. The van der Waals surface area contributed by atoms with Gasteiger partial charge in [0.05, 0.1) is 6.10 Å². The predicted molar refractivity (Wildman–Crippen MR) is 72.5 cm³/mol. The summed E-state index contributed by atoms with van der Waals surface area (Å²) in [6.45, 7) is 4.82. The number of H-pyrrole nitrogens is 1. The summed E-state index contributed by atoms with van der Waals surface area (Å²) in [7, 11) is 0. The number of anilines is 1. The Labute approximate surface area is 112 Å². The van der Waals surface area contributed by atoms with Crippen molar-refractivity contribution < 1.29 is 4.74 Å². The van der Waals surface area contributed by atoms with Crippen LogP contribution < -0.4 is 4.90 Å². The molecule has 1 unspecified atom stereocenters. The van der Waals surface area contributed by atoms with Crippen molar-refractivity contribution in [1.29, 1.82) is 0 Å². The fraction of sp³-hybridized carbons (Fsp3) is 0.833. The Hall–Kier alpha value is -0.880. The van der Waals surface area contributed by atoms with Gasteiger partial charge in [-0.15, -0.1) is 5.10 Å². The van der Waals surface area contributed by atoms with Gasteiger partial charge in [-0.3, -0.25) is 4.57 Å². The Morgan fingerprint density at radius 1 is 1.44 bits per heavy atom. The Morgan fingerprint density at radius 2 is 2.28 bits per heavy atom. The molecule has 1 N–H and O–H groups in total. The largest absolute Gasteiger partial charge is 0.377 e. The highest BCUT2D eigenvalue weighted by Gasteiger charge is 2.31. The summed E-state index contributed by atoms with van der Waals surface area (Å²) in [5, 5.41) is 7.35. The van der Waals surface area contributed by atoms with Crippen LogP contribution in [0.4, 0.5) is 5.95 Å². The minimum atomic E-state index is 0.335. The molecule has 2 heterocycles. The molecule has 18 heavy (non-hydrogen) atoms. The first kappa shape index (κ1) is 12.2. The standard InChI is InChI=1S/C12H20N4OS/c1-2-17-10-4-3-7-15(8-10)11-13-14-12(18)16(11)9-5-6-9/h9-10H,2-8H2,1H3,(H,14,18).